The molecular formula is C19H20N2O3. The molecule has 1 aromatic heterocycles. The van der Waals surface area contributed by atoms with Crippen LogP contribution in [0.15, 0.2) is 54.9 Å². The molecule has 24 heavy (non-hydrogen) atoms. The zero-order chi connectivity index (χ0) is 16.8. The van der Waals surface area contributed by atoms with Crippen LogP contribution < -0.4 is 0 Å². The predicted molar refractivity (Wildman–Crippen MR) is 90.1 cm³/mol. The van der Waals surface area contributed by atoms with Crippen LogP contribution in [-0.2, 0) is 4.74 Å². The number of hydrogen-bond donors (Lipinski definition) is 0. The van der Waals surface area contributed by atoms with Crippen LogP contribution in [0.2, 0.25) is 0 Å². The molecule has 1 aliphatic heterocycles. The monoisotopic (exact) mass is 324 g/mol. The summed E-state index contributed by atoms with van der Waals surface area (Å²) in [6.07, 6.45) is 3.14. The van der Waals surface area contributed by atoms with Crippen LogP contribution in [0, 0.1) is 5.92 Å². The van der Waals surface area contributed by atoms with Crippen molar-refractivity contribution in [3.63, 3.8) is 0 Å². The largest absolute Gasteiger partial charge is 0.379 e. The van der Waals surface area contributed by atoms with E-state index in [0.717, 1.165) is 13.1 Å². The van der Waals surface area contributed by atoms with Crippen molar-refractivity contribution in [1.82, 2.24) is 9.88 Å². The molecule has 2 heterocycles. The van der Waals surface area contributed by atoms with Gasteiger partial charge in [-0.2, -0.15) is 0 Å². The van der Waals surface area contributed by atoms with E-state index in [4.69, 9.17) is 4.74 Å². The van der Waals surface area contributed by atoms with Gasteiger partial charge in [0.05, 0.1) is 19.1 Å². The molecule has 1 unspecified atom stereocenters. The quantitative estimate of drug-likeness (QED) is 0.601. The molecule has 1 aliphatic rings. The van der Waals surface area contributed by atoms with Crippen molar-refractivity contribution in [3.8, 4) is 0 Å². The molecule has 5 heteroatoms. The Morgan fingerprint density at radius 1 is 1.00 bits per heavy atom. The van der Waals surface area contributed by atoms with Crippen molar-refractivity contribution in [2.45, 2.75) is 0 Å². The predicted octanol–water partition coefficient (Wildman–Crippen LogP) is 2.10. The smallest absolute Gasteiger partial charge is 0.176 e. The average molecular weight is 324 g/mol. The Hall–Kier alpha value is -2.37. The molecule has 3 rings (SSSR count). The summed E-state index contributed by atoms with van der Waals surface area (Å²) in [5.74, 6) is -1.05. The summed E-state index contributed by atoms with van der Waals surface area (Å²) in [5, 5.41) is 0. The molecule has 1 saturated heterocycles. The zero-order valence-corrected chi connectivity index (χ0v) is 13.4. The number of carbonyl (C=O) groups excluding carboxylic acids is 2. The Morgan fingerprint density at radius 2 is 1.67 bits per heavy atom. The van der Waals surface area contributed by atoms with Crippen molar-refractivity contribution < 1.29 is 14.3 Å². The van der Waals surface area contributed by atoms with E-state index in [9.17, 15) is 9.59 Å². The Bertz CT molecular complexity index is 631. The van der Waals surface area contributed by atoms with Crippen LogP contribution in [0.5, 0.6) is 0 Å². The van der Waals surface area contributed by atoms with Gasteiger partial charge in [-0.1, -0.05) is 30.3 Å². The number of pyridine rings is 1. The first-order valence-electron chi connectivity index (χ1n) is 8.09. The Labute approximate surface area is 141 Å². The van der Waals surface area contributed by atoms with Gasteiger partial charge in [0.25, 0.3) is 0 Å². The molecule has 1 fully saturated rings. The number of benzene rings is 1. The van der Waals surface area contributed by atoms with E-state index >= 15 is 0 Å². The molecule has 0 aliphatic carbocycles. The minimum Gasteiger partial charge on any atom is -0.379 e. The number of nitrogens with zero attached hydrogens (tertiary/aromatic N) is 2. The highest BCUT2D eigenvalue weighted by Gasteiger charge is 2.31. The summed E-state index contributed by atoms with van der Waals surface area (Å²) < 4.78 is 5.35. The highest BCUT2D eigenvalue weighted by Crippen LogP contribution is 2.17. The van der Waals surface area contributed by atoms with Gasteiger partial charge < -0.3 is 4.74 Å². The minimum atomic E-state index is -0.727. The van der Waals surface area contributed by atoms with Gasteiger partial charge in [0.15, 0.2) is 11.6 Å². The van der Waals surface area contributed by atoms with Crippen LogP contribution in [0.1, 0.15) is 20.7 Å². The lowest BCUT2D eigenvalue weighted by atomic mass is 9.90. The fraction of sp³-hybridized carbons (Fsp3) is 0.316. The molecular weight excluding hydrogens is 304 g/mol. The lowest BCUT2D eigenvalue weighted by Gasteiger charge is -2.29. The first-order chi connectivity index (χ1) is 11.8. The summed E-state index contributed by atoms with van der Waals surface area (Å²) in [6.45, 7) is 3.14. The minimum absolute atomic E-state index is 0.143. The fourth-order valence-corrected chi connectivity index (χ4v) is 2.84. The summed E-state index contributed by atoms with van der Waals surface area (Å²) in [7, 11) is 0. The van der Waals surface area contributed by atoms with Gasteiger partial charge in [0.2, 0.25) is 0 Å². The summed E-state index contributed by atoms with van der Waals surface area (Å²) in [5.41, 5.74) is 1.04. The third-order valence-corrected chi connectivity index (χ3v) is 4.18. The van der Waals surface area contributed by atoms with Gasteiger partial charge in [0, 0.05) is 43.2 Å². The Balaban J connectivity index is 1.85. The van der Waals surface area contributed by atoms with E-state index in [-0.39, 0.29) is 11.6 Å². The van der Waals surface area contributed by atoms with Crippen LogP contribution in [0.25, 0.3) is 0 Å². The number of ether oxygens (including phenoxy) is 1. The van der Waals surface area contributed by atoms with Crippen molar-refractivity contribution in [2.75, 3.05) is 32.8 Å². The van der Waals surface area contributed by atoms with Gasteiger partial charge in [-0.05, 0) is 12.1 Å². The molecule has 0 radical (unpaired) electrons. The second-order valence-corrected chi connectivity index (χ2v) is 5.80. The zero-order valence-electron chi connectivity index (χ0n) is 13.4. The van der Waals surface area contributed by atoms with Gasteiger partial charge >= 0.3 is 0 Å². The number of ketones is 2. The van der Waals surface area contributed by atoms with Gasteiger partial charge in [-0.15, -0.1) is 0 Å². The van der Waals surface area contributed by atoms with Crippen molar-refractivity contribution in [3.05, 3.63) is 66.0 Å². The lowest BCUT2D eigenvalue weighted by molar-refractivity contribution is 0.0297. The third-order valence-electron chi connectivity index (χ3n) is 4.18. The number of hydrogen-bond acceptors (Lipinski definition) is 5. The van der Waals surface area contributed by atoms with Crippen LogP contribution in [-0.4, -0.2) is 54.3 Å². The summed E-state index contributed by atoms with van der Waals surface area (Å²) in [4.78, 5) is 32.0. The molecule has 1 atom stereocenters. The van der Waals surface area contributed by atoms with Gasteiger partial charge in [0.1, 0.15) is 0 Å². The van der Waals surface area contributed by atoms with E-state index in [1.807, 2.05) is 18.2 Å². The molecule has 1 aromatic carbocycles. The van der Waals surface area contributed by atoms with E-state index in [0.29, 0.717) is 30.9 Å². The van der Waals surface area contributed by atoms with Crippen molar-refractivity contribution in [1.29, 1.82) is 0 Å². The third kappa shape index (κ3) is 3.93. The number of rotatable bonds is 6. The standard InChI is InChI=1S/C19H20N2O3/c22-18(15-5-2-1-3-6-15)17(14-21-9-11-24-12-10-21)19(23)16-7-4-8-20-13-16/h1-8,13,17H,9-12,14H2. The second kappa shape index (κ2) is 7.95. The molecule has 0 amide bonds. The molecule has 5 nitrogen and oxygen atoms in total. The van der Waals surface area contributed by atoms with Crippen molar-refractivity contribution >= 4 is 11.6 Å². The molecule has 124 valence electrons. The number of carbonyl (C=O) groups is 2. The lowest BCUT2D eigenvalue weighted by Crippen LogP contribution is -2.43. The SMILES string of the molecule is O=C(c1ccccc1)C(CN1CCOCC1)C(=O)c1cccnc1. The Morgan fingerprint density at radius 3 is 2.33 bits per heavy atom. The number of aromatic nitrogens is 1. The van der Waals surface area contributed by atoms with E-state index in [1.165, 1.54) is 6.20 Å². The van der Waals surface area contributed by atoms with Gasteiger partial charge in [-0.3, -0.25) is 19.5 Å². The number of Topliss-reactive ketones (excluding diaryl/α,β-unsaturated/α-hetero) is 2. The average Bonchev–Trinajstić information content (AvgIpc) is 2.67. The number of morpholine rings is 1. The molecule has 0 spiro atoms. The molecule has 0 saturated carbocycles. The fourth-order valence-electron chi connectivity index (χ4n) is 2.84. The van der Waals surface area contributed by atoms with E-state index < -0.39 is 5.92 Å². The van der Waals surface area contributed by atoms with Crippen LogP contribution in [0.3, 0.4) is 0 Å². The molecule has 0 N–H and O–H groups in total. The van der Waals surface area contributed by atoms with E-state index in [1.54, 1.807) is 30.5 Å². The maximum Gasteiger partial charge on any atom is 0.176 e. The maximum atomic E-state index is 12.9. The second-order valence-electron chi connectivity index (χ2n) is 5.80. The summed E-state index contributed by atoms with van der Waals surface area (Å²) >= 11 is 0. The first kappa shape index (κ1) is 16.5. The highest BCUT2D eigenvalue weighted by molar-refractivity contribution is 6.16. The van der Waals surface area contributed by atoms with Crippen molar-refractivity contribution in [2.24, 2.45) is 5.92 Å². The Kier molecular flexibility index (Phi) is 5.46. The van der Waals surface area contributed by atoms with Gasteiger partial charge in [-0.25, -0.2) is 0 Å². The normalized spacial score (nSPS) is 16.5. The topological polar surface area (TPSA) is 59.5 Å². The maximum absolute atomic E-state index is 12.9. The highest BCUT2D eigenvalue weighted by atomic mass is 16.5. The van der Waals surface area contributed by atoms with Crippen LogP contribution >= 0.6 is 0 Å². The summed E-state index contributed by atoms with van der Waals surface area (Å²) in [6, 6.07) is 12.4. The van der Waals surface area contributed by atoms with Crippen LogP contribution in [0.4, 0.5) is 0 Å². The van der Waals surface area contributed by atoms with E-state index in [2.05, 4.69) is 9.88 Å². The first-order valence-corrected chi connectivity index (χ1v) is 8.09. The molecule has 2 aromatic rings. The molecule has 0 bridgehead atoms.